The topological polar surface area (TPSA) is 76.5 Å². The van der Waals surface area contributed by atoms with Crippen LogP contribution >= 0.6 is 0 Å². The molecule has 2 heterocycles. The number of nitrogens with one attached hydrogen (secondary N) is 1. The molecule has 144 valence electrons. The minimum Gasteiger partial charge on any atom is -0.492 e. The Balaban J connectivity index is 1.57. The van der Waals surface area contributed by atoms with E-state index in [1.807, 2.05) is 35.0 Å². The van der Waals surface area contributed by atoms with Crippen LogP contribution < -0.4 is 10.1 Å². The predicted octanol–water partition coefficient (Wildman–Crippen LogP) is 1.73. The molecule has 1 N–H and O–H groups in total. The molecule has 1 aliphatic rings. The molecule has 7 nitrogen and oxygen atoms in total. The number of hydrogen-bond acceptors (Lipinski definition) is 4. The van der Waals surface area contributed by atoms with Gasteiger partial charge in [0.25, 0.3) is 5.91 Å². The standard InChI is InChI=1S/C20H26N4O3/c1-15(25)21-13-16-8-9-24-19(12-16)18(14-22-24)20(26)23(2)10-11-27-17-6-4-3-5-7-17/h3-7,14,16H,8-13H2,1-2H3,(H,21,25)/t16-/m0/s1. The first-order valence-corrected chi connectivity index (χ1v) is 9.27. The van der Waals surface area contributed by atoms with Crippen LogP contribution in [-0.2, 0) is 17.8 Å². The second kappa shape index (κ2) is 8.70. The van der Waals surface area contributed by atoms with Gasteiger partial charge in [-0.1, -0.05) is 18.2 Å². The third-order valence-electron chi connectivity index (χ3n) is 4.84. The summed E-state index contributed by atoms with van der Waals surface area (Å²) >= 11 is 0. The summed E-state index contributed by atoms with van der Waals surface area (Å²) in [6, 6.07) is 9.56. The highest BCUT2D eigenvalue weighted by Gasteiger charge is 2.26. The number of fused-ring (bicyclic) bond motifs is 1. The Hall–Kier alpha value is -2.83. The van der Waals surface area contributed by atoms with Gasteiger partial charge in [-0.2, -0.15) is 5.10 Å². The highest BCUT2D eigenvalue weighted by molar-refractivity contribution is 5.95. The van der Waals surface area contributed by atoms with Crippen LogP contribution in [-0.4, -0.2) is 53.2 Å². The first kappa shape index (κ1) is 18.9. The monoisotopic (exact) mass is 370 g/mol. The zero-order valence-electron chi connectivity index (χ0n) is 15.9. The molecule has 2 aromatic rings. The van der Waals surface area contributed by atoms with Gasteiger partial charge in [-0.3, -0.25) is 14.3 Å². The van der Waals surface area contributed by atoms with Crippen molar-refractivity contribution in [3.63, 3.8) is 0 Å². The molecule has 1 aromatic heterocycles. The second-order valence-corrected chi connectivity index (χ2v) is 6.91. The Bertz CT molecular complexity index is 788. The van der Waals surface area contributed by atoms with Crippen molar-refractivity contribution in [2.45, 2.75) is 26.3 Å². The minimum absolute atomic E-state index is 0.0245. The molecule has 0 fully saturated rings. The lowest BCUT2D eigenvalue weighted by atomic mass is 9.94. The molecule has 7 heteroatoms. The van der Waals surface area contributed by atoms with Gasteiger partial charge < -0.3 is 15.0 Å². The molecule has 1 aliphatic heterocycles. The maximum absolute atomic E-state index is 12.8. The van der Waals surface area contributed by atoms with Gasteiger partial charge in [0.1, 0.15) is 12.4 Å². The van der Waals surface area contributed by atoms with Gasteiger partial charge in [0.15, 0.2) is 0 Å². The molecule has 27 heavy (non-hydrogen) atoms. The van der Waals surface area contributed by atoms with Crippen molar-refractivity contribution in [1.29, 1.82) is 0 Å². The van der Waals surface area contributed by atoms with Crippen LogP contribution in [0.4, 0.5) is 0 Å². The van der Waals surface area contributed by atoms with Crippen molar-refractivity contribution in [3.05, 3.63) is 47.8 Å². The zero-order chi connectivity index (χ0) is 19.2. The Labute approximate surface area is 159 Å². The normalized spacial score (nSPS) is 15.7. The summed E-state index contributed by atoms with van der Waals surface area (Å²) in [7, 11) is 1.78. The fraction of sp³-hybridized carbons (Fsp3) is 0.450. The summed E-state index contributed by atoms with van der Waals surface area (Å²) in [4.78, 5) is 25.7. The largest absolute Gasteiger partial charge is 0.492 e. The van der Waals surface area contributed by atoms with Gasteiger partial charge in [0, 0.05) is 27.1 Å². The zero-order valence-corrected chi connectivity index (χ0v) is 15.9. The quantitative estimate of drug-likeness (QED) is 0.805. The smallest absolute Gasteiger partial charge is 0.257 e. The summed E-state index contributed by atoms with van der Waals surface area (Å²) in [6.07, 6.45) is 3.35. The van der Waals surface area contributed by atoms with Crippen molar-refractivity contribution in [3.8, 4) is 5.75 Å². The van der Waals surface area contributed by atoms with Crippen molar-refractivity contribution in [2.75, 3.05) is 26.7 Å². The Morgan fingerprint density at radius 3 is 2.85 bits per heavy atom. The maximum Gasteiger partial charge on any atom is 0.257 e. The molecular weight excluding hydrogens is 344 g/mol. The lowest BCUT2D eigenvalue weighted by molar-refractivity contribution is -0.119. The van der Waals surface area contributed by atoms with Gasteiger partial charge in [-0.05, 0) is 30.9 Å². The van der Waals surface area contributed by atoms with E-state index in [0.717, 1.165) is 30.8 Å². The van der Waals surface area contributed by atoms with Gasteiger partial charge in [-0.25, -0.2) is 0 Å². The summed E-state index contributed by atoms with van der Waals surface area (Å²) < 4.78 is 7.58. The van der Waals surface area contributed by atoms with E-state index in [9.17, 15) is 9.59 Å². The number of carbonyl (C=O) groups excluding carboxylic acids is 2. The molecule has 0 radical (unpaired) electrons. The number of hydrogen-bond donors (Lipinski definition) is 1. The number of ether oxygens (including phenoxy) is 1. The molecule has 0 spiro atoms. The maximum atomic E-state index is 12.8. The van der Waals surface area contributed by atoms with E-state index >= 15 is 0 Å². The van der Waals surface area contributed by atoms with Crippen LogP contribution in [0, 0.1) is 5.92 Å². The number of amides is 2. The van der Waals surface area contributed by atoms with Crippen molar-refractivity contribution >= 4 is 11.8 Å². The summed E-state index contributed by atoms with van der Waals surface area (Å²) in [5.74, 6) is 1.05. The lowest BCUT2D eigenvalue weighted by Gasteiger charge is -2.25. The van der Waals surface area contributed by atoms with E-state index in [4.69, 9.17) is 4.74 Å². The van der Waals surface area contributed by atoms with Crippen molar-refractivity contribution < 1.29 is 14.3 Å². The van der Waals surface area contributed by atoms with Gasteiger partial charge in [-0.15, -0.1) is 0 Å². The van der Waals surface area contributed by atoms with Gasteiger partial charge >= 0.3 is 0 Å². The number of nitrogens with zero attached hydrogens (tertiary/aromatic N) is 3. The molecule has 2 amide bonds. The molecule has 3 rings (SSSR count). The highest BCUT2D eigenvalue weighted by atomic mass is 16.5. The average molecular weight is 370 g/mol. The number of rotatable bonds is 7. The fourth-order valence-electron chi connectivity index (χ4n) is 3.26. The minimum atomic E-state index is -0.0481. The SMILES string of the molecule is CC(=O)NC[C@H]1CCn2ncc(C(=O)N(C)CCOc3ccccc3)c2C1. The molecular formula is C20H26N4O3. The average Bonchev–Trinajstić information content (AvgIpc) is 3.09. The van der Waals surface area contributed by atoms with Gasteiger partial charge in [0.05, 0.1) is 24.0 Å². The van der Waals surface area contributed by atoms with Crippen LogP contribution in [0.3, 0.4) is 0 Å². The van der Waals surface area contributed by atoms with Crippen LogP contribution in [0.1, 0.15) is 29.4 Å². The van der Waals surface area contributed by atoms with Crippen molar-refractivity contribution in [1.82, 2.24) is 20.0 Å². The van der Waals surface area contributed by atoms with Crippen LogP contribution in [0.2, 0.25) is 0 Å². The Morgan fingerprint density at radius 2 is 2.11 bits per heavy atom. The van der Waals surface area contributed by atoms with Crippen LogP contribution in [0.5, 0.6) is 5.75 Å². The summed E-state index contributed by atoms with van der Waals surface area (Å²) in [5.41, 5.74) is 1.60. The van der Waals surface area contributed by atoms with Crippen LogP contribution in [0.25, 0.3) is 0 Å². The van der Waals surface area contributed by atoms with Gasteiger partial charge in [0.2, 0.25) is 5.91 Å². The number of likely N-dealkylation sites (N-methyl/N-ethyl adjacent to an activating group) is 1. The van der Waals surface area contributed by atoms with Crippen LogP contribution in [0.15, 0.2) is 36.5 Å². The first-order valence-electron chi connectivity index (χ1n) is 9.27. The molecule has 0 saturated carbocycles. The van der Waals surface area contributed by atoms with E-state index in [1.54, 1.807) is 18.1 Å². The molecule has 0 bridgehead atoms. The number of para-hydroxylation sites is 1. The predicted molar refractivity (Wildman–Crippen MR) is 102 cm³/mol. The van der Waals surface area contributed by atoms with E-state index in [1.165, 1.54) is 6.92 Å². The molecule has 1 aromatic carbocycles. The number of aryl methyl sites for hydroxylation is 1. The van der Waals surface area contributed by atoms with E-state index in [-0.39, 0.29) is 11.8 Å². The van der Waals surface area contributed by atoms with E-state index in [0.29, 0.717) is 31.2 Å². The fourth-order valence-corrected chi connectivity index (χ4v) is 3.26. The first-order chi connectivity index (χ1) is 13.0. The second-order valence-electron chi connectivity index (χ2n) is 6.91. The third-order valence-corrected chi connectivity index (χ3v) is 4.84. The number of benzene rings is 1. The summed E-state index contributed by atoms with van der Waals surface area (Å²) in [5, 5.41) is 7.24. The van der Waals surface area contributed by atoms with E-state index < -0.39 is 0 Å². The summed E-state index contributed by atoms with van der Waals surface area (Å²) in [6.45, 7) is 3.85. The molecule has 0 aliphatic carbocycles. The van der Waals surface area contributed by atoms with Crippen molar-refractivity contribution in [2.24, 2.45) is 5.92 Å². The Morgan fingerprint density at radius 1 is 1.33 bits per heavy atom. The molecule has 0 saturated heterocycles. The highest BCUT2D eigenvalue weighted by Crippen LogP contribution is 2.23. The Kier molecular flexibility index (Phi) is 6.11. The molecule has 1 atom stereocenters. The third kappa shape index (κ3) is 4.87. The number of aromatic nitrogens is 2. The van der Waals surface area contributed by atoms with E-state index in [2.05, 4.69) is 10.4 Å². The molecule has 0 unspecified atom stereocenters. The number of carbonyl (C=O) groups is 2. The lowest BCUT2D eigenvalue weighted by Crippen LogP contribution is -2.34.